The fraction of sp³-hybridized carbons (Fsp3) is 0.286. The summed E-state index contributed by atoms with van der Waals surface area (Å²) < 4.78 is 28.5. The first kappa shape index (κ1) is 19.7. The first-order valence-corrected chi connectivity index (χ1v) is 11.3. The topological polar surface area (TPSA) is 118 Å². The predicted octanol–water partition coefficient (Wildman–Crippen LogP) is 2.98. The number of benzene rings is 2. The minimum absolute atomic E-state index is 0.339. The zero-order valence-corrected chi connectivity index (χ0v) is 17.7. The summed E-state index contributed by atoms with van der Waals surface area (Å²) in [6.07, 6.45) is 0.940. The van der Waals surface area contributed by atoms with Crippen molar-refractivity contribution in [1.82, 2.24) is 9.55 Å². The fourth-order valence-electron chi connectivity index (χ4n) is 3.88. The third-order valence-corrected chi connectivity index (χ3v) is 7.55. The van der Waals surface area contributed by atoms with Gasteiger partial charge in [-0.2, -0.15) is 0 Å². The summed E-state index contributed by atoms with van der Waals surface area (Å²) in [6.45, 7) is 2.84. The molecule has 1 aromatic heterocycles. The van der Waals surface area contributed by atoms with Crippen molar-refractivity contribution in [2.75, 3.05) is 6.61 Å². The average molecular weight is 444 g/mol. The number of primary amides is 1. The Morgan fingerprint density at radius 1 is 1.35 bits per heavy atom. The number of fused-ring (bicyclic) bond motifs is 1. The summed E-state index contributed by atoms with van der Waals surface area (Å²) in [7, 11) is -1.41. The van der Waals surface area contributed by atoms with Gasteiger partial charge in [0.25, 0.3) is 5.91 Å². The number of nitrogens with zero attached hydrogens (tertiary/aromatic N) is 3. The SMILES string of the molecule is C[C@H](Oc1cc2c3c(c1)nc([SH]1C(N)=Nc4cccc(F)c41)n3CCCCO2)C(N)=O. The highest BCUT2D eigenvalue weighted by molar-refractivity contribution is 8.30. The number of nitrogens with two attached hydrogens (primary N) is 2. The number of aromatic nitrogens is 2. The second kappa shape index (κ2) is 7.45. The number of halogens is 1. The molecule has 10 heteroatoms. The van der Waals surface area contributed by atoms with Gasteiger partial charge < -0.3 is 25.5 Å². The molecule has 3 aromatic rings. The largest absolute Gasteiger partial charge is 0.491 e. The van der Waals surface area contributed by atoms with Gasteiger partial charge in [0.2, 0.25) is 0 Å². The standard InChI is InChI=1S/C21H22FN5O3S/c1-11(19(23)28)30-12-9-15-17-16(10-12)29-8-3-2-7-27(17)21(26-15)31-18-13(22)5-4-6-14(18)25-20(31)24/h4-6,9-11,31H,2-3,7-8H2,1H3,(H2,23,28)(H2,24,25)/t11-/m0/s1. The van der Waals surface area contributed by atoms with E-state index in [1.54, 1.807) is 31.2 Å². The van der Waals surface area contributed by atoms with E-state index >= 15 is 0 Å². The number of aliphatic imine (C=N–C) groups is 1. The molecule has 4 N–H and O–H groups in total. The molecule has 0 radical (unpaired) electrons. The van der Waals surface area contributed by atoms with Crippen molar-refractivity contribution in [1.29, 1.82) is 0 Å². The smallest absolute Gasteiger partial charge is 0.258 e. The van der Waals surface area contributed by atoms with Gasteiger partial charge in [0, 0.05) is 18.7 Å². The molecular weight excluding hydrogens is 421 g/mol. The van der Waals surface area contributed by atoms with Gasteiger partial charge in [-0.15, -0.1) is 10.9 Å². The van der Waals surface area contributed by atoms with Gasteiger partial charge in [0.15, 0.2) is 11.3 Å². The number of hydrogen-bond acceptors (Lipinski definition) is 6. The Balaban J connectivity index is 1.70. The van der Waals surface area contributed by atoms with Crippen LogP contribution in [0.4, 0.5) is 10.1 Å². The third kappa shape index (κ3) is 3.27. The van der Waals surface area contributed by atoms with Crippen LogP contribution in [0.15, 0.2) is 45.4 Å². The molecule has 0 fully saturated rings. The van der Waals surface area contributed by atoms with Crippen LogP contribution in [-0.2, 0) is 11.3 Å². The minimum atomic E-state index is -1.41. The van der Waals surface area contributed by atoms with Crippen molar-refractivity contribution in [2.24, 2.45) is 16.5 Å². The van der Waals surface area contributed by atoms with Crippen molar-refractivity contribution in [2.45, 2.75) is 42.5 Å². The molecule has 2 atom stereocenters. The molecule has 0 spiro atoms. The molecule has 2 aromatic carbocycles. The molecule has 162 valence electrons. The highest BCUT2D eigenvalue weighted by Crippen LogP contribution is 2.55. The summed E-state index contributed by atoms with van der Waals surface area (Å²) in [5, 5.41) is 1.03. The van der Waals surface area contributed by atoms with Crippen LogP contribution in [0.1, 0.15) is 19.8 Å². The molecule has 8 nitrogen and oxygen atoms in total. The molecule has 31 heavy (non-hydrogen) atoms. The maximum absolute atomic E-state index is 14.8. The van der Waals surface area contributed by atoms with Gasteiger partial charge in [-0.3, -0.25) is 4.79 Å². The van der Waals surface area contributed by atoms with Gasteiger partial charge in [-0.25, -0.2) is 14.4 Å². The quantitative estimate of drug-likeness (QED) is 0.536. The Morgan fingerprint density at radius 3 is 3.00 bits per heavy atom. The van der Waals surface area contributed by atoms with Crippen molar-refractivity contribution in [3.8, 4) is 11.5 Å². The Hall–Kier alpha value is -3.27. The van der Waals surface area contributed by atoms with Gasteiger partial charge in [-0.05, 0) is 31.9 Å². The Bertz CT molecular complexity index is 1240. The number of carbonyl (C=O) groups is 1. The van der Waals surface area contributed by atoms with Gasteiger partial charge >= 0.3 is 0 Å². The molecule has 0 bridgehead atoms. The van der Waals surface area contributed by atoms with Gasteiger partial charge in [-0.1, -0.05) is 6.07 Å². The zero-order valence-electron chi connectivity index (χ0n) is 16.8. The molecule has 1 unspecified atom stereocenters. The lowest BCUT2D eigenvalue weighted by Crippen LogP contribution is -2.30. The van der Waals surface area contributed by atoms with E-state index in [1.165, 1.54) is 6.07 Å². The van der Waals surface area contributed by atoms with E-state index in [2.05, 4.69) is 9.56 Å². The zero-order chi connectivity index (χ0) is 21.7. The monoisotopic (exact) mass is 443 g/mol. The summed E-state index contributed by atoms with van der Waals surface area (Å²) in [5.41, 5.74) is 13.6. The number of rotatable bonds is 4. The van der Waals surface area contributed by atoms with E-state index in [1.807, 2.05) is 0 Å². The number of aryl methyl sites for hydroxylation is 1. The van der Waals surface area contributed by atoms with E-state index < -0.39 is 22.9 Å². The maximum Gasteiger partial charge on any atom is 0.258 e. The Labute approximate surface area is 180 Å². The summed E-state index contributed by atoms with van der Waals surface area (Å²) in [6, 6.07) is 8.28. The number of imidazole rings is 1. The van der Waals surface area contributed by atoms with E-state index in [-0.39, 0.29) is 5.82 Å². The summed E-state index contributed by atoms with van der Waals surface area (Å²) in [5.74, 6) is 0.119. The van der Waals surface area contributed by atoms with E-state index in [9.17, 15) is 9.18 Å². The number of carbonyl (C=O) groups excluding carboxylic acids is 1. The van der Waals surface area contributed by atoms with E-state index in [0.29, 0.717) is 51.1 Å². The first-order chi connectivity index (χ1) is 14.9. The Morgan fingerprint density at radius 2 is 2.19 bits per heavy atom. The average Bonchev–Trinajstić information content (AvgIpc) is 3.22. The fourth-order valence-corrected chi connectivity index (χ4v) is 6.01. The molecule has 5 rings (SSSR count). The molecule has 0 saturated heterocycles. The number of ether oxygens (including phenoxy) is 2. The molecule has 2 aliphatic rings. The third-order valence-electron chi connectivity index (χ3n) is 5.36. The van der Waals surface area contributed by atoms with Gasteiger partial charge in [0.1, 0.15) is 28.0 Å². The van der Waals surface area contributed by atoms with Crippen molar-refractivity contribution in [3.63, 3.8) is 0 Å². The number of amides is 1. The van der Waals surface area contributed by atoms with Crippen LogP contribution in [0, 0.1) is 5.82 Å². The molecule has 0 saturated carbocycles. The molecule has 2 aliphatic heterocycles. The van der Waals surface area contributed by atoms with Crippen LogP contribution >= 0.6 is 10.9 Å². The van der Waals surface area contributed by atoms with Crippen molar-refractivity contribution < 1.29 is 18.7 Å². The second-order valence-corrected chi connectivity index (χ2v) is 9.46. The highest BCUT2D eigenvalue weighted by atomic mass is 32.2. The molecule has 0 aliphatic carbocycles. The number of thiol groups is 1. The lowest BCUT2D eigenvalue weighted by Gasteiger charge is -2.21. The molecule has 1 amide bonds. The minimum Gasteiger partial charge on any atom is -0.491 e. The van der Waals surface area contributed by atoms with Crippen molar-refractivity contribution >= 4 is 38.7 Å². The van der Waals surface area contributed by atoms with Crippen LogP contribution < -0.4 is 20.9 Å². The first-order valence-electron chi connectivity index (χ1n) is 10.00. The summed E-state index contributed by atoms with van der Waals surface area (Å²) >= 11 is 0. The van der Waals surface area contributed by atoms with Crippen molar-refractivity contribution in [3.05, 3.63) is 36.1 Å². The molecule has 3 heterocycles. The van der Waals surface area contributed by atoms with E-state index in [0.717, 1.165) is 18.4 Å². The number of hydrogen-bond donors (Lipinski definition) is 3. The van der Waals surface area contributed by atoms with Crippen LogP contribution in [-0.4, -0.2) is 33.3 Å². The maximum atomic E-state index is 14.8. The summed E-state index contributed by atoms with van der Waals surface area (Å²) in [4.78, 5) is 21.2. The lowest BCUT2D eigenvalue weighted by atomic mass is 10.2. The van der Waals surface area contributed by atoms with Crippen LogP contribution in [0.5, 0.6) is 11.5 Å². The van der Waals surface area contributed by atoms with E-state index in [4.69, 9.17) is 25.9 Å². The normalized spacial score (nSPS) is 19.7. The number of amidine groups is 1. The Kier molecular flexibility index (Phi) is 4.73. The second-order valence-electron chi connectivity index (χ2n) is 7.48. The van der Waals surface area contributed by atoms with Crippen LogP contribution in [0.3, 0.4) is 0 Å². The van der Waals surface area contributed by atoms with Crippen LogP contribution in [0.25, 0.3) is 11.0 Å². The van der Waals surface area contributed by atoms with Crippen LogP contribution in [0.2, 0.25) is 0 Å². The molecular formula is C21H22FN5O3S. The lowest BCUT2D eigenvalue weighted by molar-refractivity contribution is -0.123. The van der Waals surface area contributed by atoms with Gasteiger partial charge in [0.05, 0.1) is 22.7 Å². The highest BCUT2D eigenvalue weighted by Gasteiger charge is 2.32. The predicted molar refractivity (Wildman–Crippen MR) is 117 cm³/mol.